The van der Waals surface area contributed by atoms with Crippen molar-refractivity contribution in [2.45, 2.75) is 26.0 Å². The van der Waals surface area contributed by atoms with Crippen LogP contribution in [0.25, 0.3) is 0 Å². The average Bonchev–Trinajstić information content (AvgIpc) is 2.41. The molecule has 0 spiro atoms. The fourth-order valence-electron chi connectivity index (χ4n) is 2.09. The van der Waals surface area contributed by atoms with E-state index in [0.29, 0.717) is 18.7 Å². The molecule has 1 heterocycles. The van der Waals surface area contributed by atoms with Gasteiger partial charge in [-0.15, -0.1) is 0 Å². The number of hydrogen-bond acceptors (Lipinski definition) is 3. The van der Waals surface area contributed by atoms with Crippen molar-refractivity contribution in [3.63, 3.8) is 0 Å². The summed E-state index contributed by atoms with van der Waals surface area (Å²) in [6, 6.07) is 7.33. The molecule has 98 valence electrons. The highest BCUT2D eigenvalue weighted by Crippen LogP contribution is 2.17. The molecule has 4 nitrogen and oxygen atoms in total. The second kappa shape index (κ2) is 5.40. The minimum Gasteiger partial charge on any atom is -0.497 e. The molecule has 1 fully saturated rings. The molecule has 0 bridgehead atoms. The first-order chi connectivity index (χ1) is 8.61. The van der Waals surface area contributed by atoms with Gasteiger partial charge in [0.05, 0.1) is 25.9 Å². The monoisotopic (exact) mass is 249 g/mol. The van der Waals surface area contributed by atoms with Gasteiger partial charge in [-0.3, -0.25) is 4.79 Å². The van der Waals surface area contributed by atoms with E-state index < -0.39 is 0 Å². The van der Waals surface area contributed by atoms with Crippen LogP contribution in [0.15, 0.2) is 24.3 Å². The van der Waals surface area contributed by atoms with Gasteiger partial charge >= 0.3 is 0 Å². The zero-order valence-corrected chi connectivity index (χ0v) is 11.1. The number of methoxy groups -OCH3 is 1. The van der Waals surface area contributed by atoms with Crippen LogP contribution in [0.5, 0.6) is 5.75 Å². The van der Waals surface area contributed by atoms with Crippen LogP contribution >= 0.6 is 0 Å². The van der Waals surface area contributed by atoms with Crippen LogP contribution in [0, 0.1) is 0 Å². The largest absolute Gasteiger partial charge is 0.497 e. The Bertz CT molecular complexity index is 416. The minimum atomic E-state index is 0.0558. The summed E-state index contributed by atoms with van der Waals surface area (Å²) in [6.45, 7) is 5.24. The van der Waals surface area contributed by atoms with Crippen molar-refractivity contribution in [2.24, 2.45) is 0 Å². The molecular weight excluding hydrogens is 230 g/mol. The standard InChI is InChI=1S/C14H19NO3/c1-10-9-18-11(2)8-15(10)14(16)12-4-6-13(17-3)7-5-12/h4-7,10-11H,8-9H2,1-3H3. The van der Waals surface area contributed by atoms with Crippen molar-refractivity contribution in [1.29, 1.82) is 0 Å². The first kappa shape index (κ1) is 12.9. The first-order valence-electron chi connectivity index (χ1n) is 6.18. The molecule has 1 aliphatic heterocycles. The second-order valence-corrected chi connectivity index (χ2v) is 4.68. The summed E-state index contributed by atoms with van der Waals surface area (Å²) in [5.74, 6) is 0.815. The van der Waals surface area contributed by atoms with Gasteiger partial charge in [-0.1, -0.05) is 0 Å². The van der Waals surface area contributed by atoms with Crippen molar-refractivity contribution in [3.05, 3.63) is 29.8 Å². The first-order valence-corrected chi connectivity index (χ1v) is 6.18. The van der Waals surface area contributed by atoms with Gasteiger partial charge in [-0.05, 0) is 38.1 Å². The lowest BCUT2D eigenvalue weighted by atomic mass is 10.1. The summed E-state index contributed by atoms with van der Waals surface area (Å²) in [6.07, 6.45) is 0.100. The van der Waals surface area contributed by atoms with Gasteiger partial charge in [0, 0.05) is 12.1 Å². The molecule has 1 aliphatic rings. The van der Waals surface area contributed by atoms with E-state index in [1.165, 1.54) is 0 Å². The minimum absolute atomic E-state index is 0.0558. The number of ether oxygens (including phenoxy) is 2. The molecule has 0 N–H and O–H groups in total. The fourth-order valence-corrected chi connectivity index (χ4v) is 2.09. The van der Waals surface area contributed by atoms with E-state index in [9.17, 15) is 4.79 Å². The summed E-state index contributed by atoms with van der Waals surface area (Å²) in [4.78, 5) is 14.3. The smallest absolute Gasteiger partial charge is 0.254 e. The van der Waals surface area contributed by atoms with E-state index in [0.717, 1.165) is 5.75 Å². The van der Waals surface area contributed by atoms with E-state index in [1.807, 2.05) is 30.9 Å². The number of morpholine rings is 1. The van der Waals surface area contributed by atoms with Crippen molar-refractivity contribution in [3.8, 4) is 5.75 Å². The second-order valence-electron chi connectivity index (χ2n) is 4.68. The lowest BCUT2D eigenvalue weighted by Gasteiger charge is -2.36. The number of benzene rings is 1. The molecule has 1 aromatic rings. The predicted molar refractivity (Wildman–Crippen MR) is 68.9 cm³/mol. The molecule has 0 radical (unpaired) electrons. The third-order valence-corrected chi connectivity index (χ3v) is 3.21. The summed E-state index contributed by atoms with van der Waals surface area (Å²) in [7, 11) is 1.61. The fraction of sp³-hybridized carbons (Fsp3) is 0.500. The number of carbonyl (C=O) groups excluding carboxylic acids is 1. The molecule has 1 amide bonds. The highest BCUT2D eigenvalue weighted by molar-refractivity contribution is 5.94. The molecule has 4 heteroatoms. The Labute approximate surface area is 107 Å². The van der Waals surface area contributed by atoms with Crippen LogP contribution in [0.1, 0.15) is 24.2 Å². The van der Waals surface area contributed by atoms with Crippen LogP contribution in [0.3, 0.4) is 0 Å². The normalized spacial score (nSPS) is 23.8. The zero-order valence-electron chi connectivity index (χ0n) is 11.1. The van der Waals surface area contributed by atoms with Crippen molar-refractivity contribution < 1.29 is 14.3 Å². The number of rotatable bonds is 2. The molecule has 2 rings (SSSR count). The van der Waals surface area contributed by atoms with Gasteiger partial charge in [0.15, 0.2) is 0 Å². The van der Waals surface area contributed by atoms with E-state index >= 15 is 0 Å². The molecule has 0 aromatic heterocycles. The predicted octanol–water partition coefficient (Wildman–Crippen LogP) is 1.94. The van der Waals surface area contributed by atoms with Crippen LogP contribution in [-0.2, 0) is 4.74 Å². The molecule has 2 atom stereocenters. The van der Waals surface area contributed by atoms with Gasteiger partial charge in [-0.25, -0.2) is 0 Å². The Kier molecular flexibility index (Phi) is 3.87. The quantitative estimate of drug-likeness (QED) is 0.804. The Morgan fingerprint density at radius 1 is 1.33 bits per heavy atom. The number of carbonyl (C=O) groups is 1. The number of hydrogen-bond donors (Lipinski definition) is 0. The van der Waals surface area contributed by atoms with Gasteiger partial charge < -0.3 is 14.4 Å². The molecule has 1 aromatic carbocycles. The highest BCUT2D eigenvalue weighted by atomic mass is 16.5. The Morgan fingerprint density at radius 3 is 2.61 bits per heavy atom. The highest BCUT2D eigenvalue weighted by Gasteiger charge is 2.28. The third-order valence-electron chi connectivity index (χ3n) is 3.21. The molecular formula is C14H19NO3. The lowest BCUT2D eigenvalue weighted by Crippen LogP contribution is -2.50. The van der Waals surface area contributed by atoms with E-state index in [1.54, 1.807) is 19.2 Å². The molecule has 18 heavy (non-hydrogen) atoms. The van der Waals surface area contributed by atoms with Crippen molar-refractivity contribution >= 4 is 5.91 Å². The summed E-state index contributed by atoms with van der Waals surface area (Å²) >= 11 is 0. The maximum Gasteiger partial charge on any atom is 0.254 e. The van der Waals surface area contributed by atoms with Crippen molar-refractivity contribution in [2.75, 3.05) is 20.3 Å². The molecule has 0 saturated carbocycles. The van der Waals surface area contributed by atoms with E-state index in [4.69, 9.17) is 9.47 Å². The number of amides is 1. The lowest BCUT2D eigenvalue weighted by molar-refractivity contribution is -0.0387. The van der Waals surface area contributed by atoms with Gasteiger partial charge in [0.25, 0.3) is 5.91 Å². The topological polar surface area (TPSA) is 38.8 Å². The zero-order chi connectivity index (χ0) is 13.1. The van der Waals surface area contributed by atoms with Crippen LogP contribution < -0.4 is 4.74 Å². The Morgan fingerprint density at radius 2 is 2.00 bits per heavy atom. The molecule has 1 saturated heterocycles. The maximum atomic E-state index is 12.4. The molecule has 2 unspecified atom stereocenters. The van der Waals surface area contributed by atoms with Gasteiger partial charge in [-0.2, -0.15) is 0 Å². The van der Waals surface area contributed by atoms with Crippen LogP contribution in [0.2, 0.25) is 0 Å². The summed E-state index contributed by atoms with van der Waals surface area (Å²) < 4.78 is 10.6. The Hall–Kier alpha value is -1.55. The third kappa shape index (κ3) is 2.64. The molecule has 0 aliphatic carbocycles. The van der Waals surface area contributed by atoms with Crippen LogP contribution in [-0.4, -0.2) is 43.2 Å². The van der Waals surface area contributed by atoms with Crippen LogP contribution in [0.4, 0.5) is 0 Å². The van der Waals surface area contributed by atoms with Gasteiger partial charge in [0.1, 0.15) is 5.75 Å². The van der Waals surface area contributed by atoms with Crippen molar-refractivity contribution in [1.82, 2.24) is 4.90 Å². The van der Waals surface area contributed by atoms with Gasteiger partial charge in [0.2, 0.25) is 0 Å². The van der Waals surface area contributed by atoms with E-state index in [-0.39, 0.29) is 18.1 Å². The van der Waals surface area contributed by atoms with E-state index in [2.05, 4.69) is 0 Å². The Balaban J connectivity index is 2.13. The number of nitrogens with zero attached hydrogens (tertiary/aromatic N) is 1. The summed E-state index contributed by atoms with van der Waals surface area (Å²) in [5, 5.41) is 0. The maximum absolute atomic E-state index is 12.4. The average molecular weight is 249 g/mol. The SMILES string of the molecule is COc1ccc(C(=O)N2CC(C)OCC2C)cc1. The summed E-state index contributed by atoms with van der Waals surface area (Å²) in [5.41, 5.74) is 0.691.